The zero-order valence-corrected chi connectivity index (χ0v) is 18.0. The molecule has 0 radical (unpaired) electrons. The normalized spacial score (nSPS) is 19.3. The zero-order chi connectivity index (χ0) is 20.8. The number of allylic oxidation sites excluding steroid dienone is 3. The summed E-state index contributed by atoms with van der Waals surface area (Å²) in [6.45, 7) is 12.9. The van der Waals surface area contributed by atoms with Crippen molar-refractivity contribution >= 4 is 12.0 Å². The molecule has 28 heavy (non-hydrogen) atoms. The van der Waals surface area contributed by atoms with Gasteiger partial charge in [0, 0.05) is 6.20 Å². The smallest absolute Gasteiger partial charge is 0.349 e. The van der Waals surface area contributed by atoms with Crippen molar-refractivity contribution in [3.8, 4) is 5.75 Å². The average Bonchev–Trinajstić information content (AvgIpc) is 3.09. The predicted octanol–water partition coefficient (Wildman–Crippen LogP) is 4.54. The van der Waals surface area contributed by atoms with E-state index in [0.717, 1.165) is 24.9 Å². The molecule has 1 aromatic rings. The summed E-state index contributed by atoms with van der Waals surface area (Å²) in [5.41, 5.74) is 0.500. The molecular weight excluding hydrogens is 352 g/mol. The number of nitrogens with zero attached hydrogens (tertiary/aromatic N) is 1. The molecule has 1 aromatic heterocycles. The third-order valence-corrected chi connectivity index (χ3v) is 4.10. The maximum atomic E-state index is 12.7. The van der Waals surface area contributed by atoms with Crippen LogP contribution in [-0.4, -0.2) is 35.2 Å². The quantitative estimate of drug-likeness (QED) is 0.575. The van der Waals surface area contributed by atoms with E-state index in [4.69, 9.17) is 9.47 Å². The number of carbonyl (C=O) groups is 1. The first-order chi connectivity index (χ1) is 13.0. The summed E-state index contributed by atoms with van der Waals surface area (Å²) in [6.07, 6.45) is 12.7. The van der Waals surface area contributed by atoms with Crippen LogP contribution >= 0.6 is 0 Å². The molecule has 0 aliphatic carbocycles. The molecule has 2 rings (SSSR count). The van der Waals surface area contributed by atoms with Crippen LogP contribution in [0.3, 0.4) is 0 Å². The average molecular weight is 387 g/mol. The van der Waals surface area contributed by atoms with Crippen molar-refractivity contribution in [1.82, 2.24) is 10.3 Å². The molecule has 1 aliphatic heterocycles. The van der Waals surface area contributed by atoms with Crippen LogP contribution in [-0.2, 0) is 9.53 Å². The van der Waals surface area contributed by atoms with Crippen molar-refractivity contribution < 1.29 is 14.3 Å². The van der Waals surface area contributed by atoms with Gasteiger partial charge in [-0.2, -0.15) is 0 Å². The highest BCUT2D eigenvalue weighted by molar-refractivity contribution is 5.76. The SMILES string of the molecule is CC(C)(C)/C=C/C=C/c1cncc(OC(C(=O)OC(C)(C)C)[C@H]2CCCN2)c1. The number of rotatable bonds is 6. The minimum atomic E-state index is -0.691. The Morgan fingerprint density at radius 2 is 1.96 bits per heavy atom. The molecule has 0 spiro atoms. The standard InChI is InChI=1S/C23H34N2O3/c1-22(2,3)12-8-7-10-17-14-18(16-24-15-17)27-20(19-11-9-13-25-19)21(26)28-23(4,5)6/h7-8,10,12,14-16,19-20,25H,9,11,13H2,1-6H3/b10-7+,12-8+/t19-,20?/m1/s1. The van der Waals surface area contributed by atoms with E-state index in [-0.39, 0.29) is 17.4 Å². The molecule has 0 bridgehead atoms. The van der Waals surface area contributed by atoms with Crippen molar-refractivity contribution in [1.29, 1.82) is 0 Å². The molecule has 0 saturated carbocycles. The Hall–Kier alpha value is -2.14. The molecule has 2 heterocycles. The van der Waals surface area contributed by atoms with Crippen LogP contribution in [0.4, 0.5) is 0 Å². The minimum Gasteiger partial charge on any atom is -0.475 e. The highest BCUT2D eigenvalue weighted by Crippen LogP contribution is 2.21. The maximum absolute atomic E-state index is 12.7. The van der Waals surface area contributed by atoms with Gasteiger partial charge < -0.3 is 14.8 Å². The molecule has 0 amide bonds. The minimum absolute atomic E-state index is 0.0521. The zero-order valence-electron chi connectivity index (χ0n) is 18.0. The van der Waals surface area contributed by atoms with E-state index in [0.29, 0.717) is 5.75 Å². The first-order valence-corrected chi connectivity index (χ1v) is 9.97. The highest BCUT2D eigenvalue weighted by atomic mass is 16.6. The molecule has 154 valence electrons. The second kappa shape index (κ2) is 9.37. The summed E-state index contributed by atoms with van der Waals surface area (Å²) >= 11 is 0. The Kier molecular flexibility index (Phi) is 7.41. The maximum Gasteiger partial charge on any atom is 0.349 e. The summed E-state index contributed by atoms with van der Waals surface area (Å²) in [4.78, 5) is 17.0. The van der Waals surface area contributed by atoms with E-state index in [1.165, 1.54) is 0 Å². The van der Waals surface area contributed by atoms with E-state index < -0.39 is 11.7 Å². The molecule has 1 saturated heterocycles. The lowest BCUT2D eigenvalue weighted by Gasteiger charge is -2.27. The van der Waals surface area contributed by atoms with E-state index in [9.17, 15) is 4.79 Å². The predicted molar refractivity (Wildman–Crippen MR) is 113 cm³/mol. The Labute approximate surface area is 169 Å². The van der Waals surface area contributed by atoms with E-state index in [1.54, 1.807) is 12.4 Å². The molecule has 5 nitrogen and oxygen atoms in total. The van der Waals surface area contributed by atoms with Crippen molar-refractivity contribution in [3.63, 3.8) is 0 Å². The number of esters is 1. The fraction of sp³-hybridized carbons (Fsp3) is 0.565. The summed E-state index contributed by atoms with van der Waals surface area (Å²) in [5.74, 6) is 0.215. The van der Waals surface area contributed by atoms with Crippen molar-refractivity contribution in [2.75, 3.05) is 6.54 Å². The van der Waals surface area contributed by atoms with Gasteiger partial charge in [-0.3, -0.25) is 4.98 Å². The lowest BCUT2D eigenvalue weighted by molar-refractivity contribution is -0.164. The summed E-state index contributed by atoms with van der Waals surface area (Å²) in [5, 5.41) is 3.34. The number of nitrogens with one attached hydrogen (secondary N) is 1. The van der Waals surface area contributed by atoms with Gasteiger partial charge in [0.25, 0.3) is 0 Å². The third-order valence-electron chi connectivity index (χ3n) is 4.10. The van der Waals surface area contributed by atoms with Crippen LogP contribution in [0, 0.1) is 5.41 Å². The Balaban J connectivity index is 2.12. The van der Waals surface area contributed by atoms with Crippen LogP contribution in [0.1, 0.15) is 59.9 Å². The van der Waals surface area contributed by atoms with Gasteiger partial charge in [0.2, 0.25) is 6.10 Å². The summed E-state index contributed by atoms with van der Waals surface area (Å²) in [7, 11) is 0. The molecule has 5 heteroatoms. The Morgan fingerprint density at radius 1 is 1.21 bits per heavy atom. The third kappa shape index (κ3) is 7.85. The second-order valence-corrected chi connectivity index (χ2v) is 9.31. The van der Waals surface area contributed by atoms with Crippen molar-refractivity contribution in [2.24, 2.45) is 5.41 Å². The summed E-state index contributed by atoms with van der Waals surface area (Å²) in [6, 6.07) is 1.84. The molecule has 1 unspecified atom stereocenters. The van der Waals surface area contributed by atoms with Gasteiger partial charge in [0.15, 0.2) is 0 Å². The number of pyridine rings is 1. The Bertz CT molecular complexity index is 705. The van der Waals surface area contributed by atoms with Gasteiger partial charge in [-0.25, -0.2) is 4.79 Å². The van der Waals surface area contributed by atoms with Gasteiger partial charge in [-0.05, 0) is 57.2 Å². The number of ether oxygens (including phenoxy) is 2. The molecule has 1 aliphatic rings. The lowest BCUT2D eigenvalue weighted by Crippen LogP contribution is -2.47. The number of carbonyl (C=O) groups excluding carboxylic acids is 1. The van der Waals surface area contributed by atoms with Crippen LogP contribution < -0.4 is 10.1 Å². The molecule has 1 fully saturated rings. The molecular formula is C23H34N2O3. The van der Waals surface area contributed by atoms with Crippen LogP contribution in [0.25, 0.3) is 6.08 Å². The van der Waals surface area contributed by atoms with Crippen LogP contribution in [0.2, 0.25) is 0 Å². The Morgan fingerprint density at radius 3 is 2.57 bits per heavy atom. The van der Waals surface area contributed by atoms with Crippen LogP contribution in [0.5, 0.6) is 5.75 Å². The largest absolute Gasteiger partial charge is 0.475 e. The van der Waals surface area contributed by atoms with E-state index in [2.05, 4.69) is 37.1 Å². The van der Waals surface area contributed by atoms with Gasteiger partial charge in [0.05, 0.1) is 12.2 Å². The van der Waals surface area contributed by atoms with Crippen molar-refractivity contribution in [2.45, 2.75) is 72.1 Å². The van der Waals surface area contributed by atoms with Gasteiger partial charge in [0.1, 0.15) is 11.4 Å². The van der Waals surface area contributed by atoms with E-state index >= 15 is 0 Å². The van der Waals surface area contributed by atoms with Crippen LogP contribution in [0.15, 0.2) is 36.7 Å². The first kappa shape index (κ1) is 22.2. The molecule has 1 N–H and O–H groups in total. The van der Waals surface area contributed by atoms with Gasteiger partial charge in [-0.1, -0.05) is 45.1 Å². The fourth-order valence-electron chi connectivity index (χ4n) is 2.87. The van der Waals surface area contributed by atoms with Crippen molar-refractivity contribution in [3.05, 3.63) is 42.3 Å². The molecule has 0 aromatic carbocycles. The molecule has 2 atom stereocenters. The highest BCUT2D eigenvalue weighted by Gasteiger charge is 2.35. The summed E-state index contributed by atoms with van der Waals surface area (Å²) < 4.78 is 11.6. The topological polar surface area (TPSA) is 60.5 Å². The number of hydrogen-bond acceptors (Lipinski definition) is 5. The first-order valence-electron chi connectivity index (χ1n) is 9.97. The van der Waals surface area contributed by atoms with E-state index in [1.807, 2.05) is 45.1 Å². The number of hydrogen-bond donors (Lipinski definition) is 1. The fourth-order valence-corrected chi connectivity index (χ4v) is 2.87. The van der Waals surface area contributed by atoms with Gasteiger partial charge >= 0.3 is 5.97 Å². The second-order valence-electron chi connectivity index (χ2n) is 9.31. The number of aromatic nitrogens is 1. The lowest BCUT2D eigenvalue weighted by atomic mass is 9.96. The van der Waals surface area contributed by atoms with Gasteiger partial charge in [-0.15, -0.1) is 0 Å². The monoisotopic (exact) mass is 386 g/mol.